The summed E-state index contributed by atoms with van der Waals surface area (Å²) in [5, 5.41) is 8.94. The van der Waals surface area contributed by atoms with Crippen LogP contribution in [-0.4, -0.2) is 23.5 Å². The van der Waals surface area contributed by atoms with Crippen molar-refractivity contribution in [2.45, 2.75) is 19.9 Å². The van der Waals surface area contributed by atoms with E-state index in [1.807, 2.05) is 12.1 Å². The summed E-state index contributed by atoms with van der Waals surface area (Å²) in [6.45, 7) is 4.24. The Morgan fingerprint density at radius 3 is 3.00 bits per heavy atom. The molecule has 0 saturated heterocycles. The van der Waals surface area contributed by atoms with Crippen molar-refractivity contribution in [3.05, 3.63) is 29.6 Å². The van der Waals surface area contributed by atoms with E-state index in [2.05, 4.69) is 29.9 Å². The average molecular weight is 215 g/mol. The summed E-state index contributed by atoms with van der Waals surface area (Å²) in [4.78, 5) is 6.36. The van der Waals surface area contributed by atoms with Crippen molar-refractivity contribution in [2.75, 3.05) is 13.6 Å². The third kappa shape index (κ3) is 2.59. The monoisotopic (exact) mass is 215 g/mol. The highest BCUT2D eigenvalue weighted by molar-refractivity contribution is 5.30. The van der Waals surface area contributed by atoms with E-state index in [4.69, 9.17) is 5.26 Å². The third-order valence-corrected chi connectivity index (χ3v) is 3.26. The number of pyridine rings is 1. The van der Waals surface area contributed by atoms with E-state index in [-0.39, 0.29) is 0 Å². The maximum absolute atomic E-state index is 8.94. The van der Waals surface area contributed by atoms with Gasteiger partial charge in [0.05, 0.1) is 0 Å². The first-order valence-electron chi connectivity index (χ1n) is 5.73. The lowest BCUT2D eigenvalue weighted by Crippen LogP contribution is -2.21. The molecule has 84 valence electrons. The molecule has 16 heavy (non-hydrogen) atoms. The van der Waals surface area contributed by atoms with Gasteiger partial charge < -0.3 is 4.90 Å². The number of rotatable bonds is 4. The second-order valence-electron chi connectivity index (χ2n) is 4.79. The van der Waals surface area contributed by atoms with Crippen LogP contribution in [0.5, 0.6) is 0 Å². The van der Waals surface area contributed by atoms with Crippen molar-refractivity contribution < 1.29 is 0 Å². The number of hydrogen-bond donors (Lipinski definition) is 0. The van der Waals surface area contributed by atoms with Crippen molar-refractivity contribution >= 4 is 0 Å². The van der Waals surface area contributed by atoms with E-state index < -0.39 is 0 Å². The molecule has 0 spiro atoms. The molecule has 0 aromatic carbocycles. The van der Waals surface area contributed by atoms with Crippen LogP contribution in [0, 0.1) is 23.2 Å². The molecular weight excluding hydrogens is 198 g/mol. The zero-order valence-electron chi connectivity index (χ0n) is 9.85. The van der Waals surface area contributed by atoms with Crippen LogP contribution in [-0.2, 0) is 6.54 Å². The number of nitrogens with zero attached hydrogens (tertiary/aromatic N) is 3. The number of nitriles is 1. The summed E-state index contributed by atoms with van der Waals surface area (Å²) >= 11 is 0. The van der Waals surface area contributed by atoms with Crippen LogP contribution in [0.15, 0.2) is 18.3 Å². The average Bonchev–Trinajstić information content (AvgIpc) is 2.94. The fraction of sp³-hybridized carbons (Fsp3) is 0.538. The molecule has 0 aliphatic heterocycles. The molecule has 1 heterocycles. The van der Waals surface area contributed by atoms with E-state index in [0.29, 0.717) is 5.69 Å². The molecular formula is C13H17N3. The second-order valence-corrected chi connectivity index (χ2v) is 4.79. The molecule has 1 aliphatic carbocycles. The molecule has 0 N–H and O–H groups in total. The quantitative estimate of drug-likeness (QED) is 0.771. The van der Waals surface area contributed by atoms with Crippen LogP contribution >= 0.6 is 0 Å². The molecule has 2 atom stereocenters. The Labute approximate surface area is 96.7 Å². The molecule has 1 fully saturated rings. The van der Waals surface area contributed by atoms with E-state index in [1.165, 1.54) is 6.42 Å². The molecule has 1 aromatic rings. The minimum absolute atomic E-state index is 0.554. The standard InChI is InChI=1S/C13H17N3/c1-10-6-12(10)9-16(2)8-11-4-3-5-15-13(11)7-14/h3-5,10,12H,6,8-9H2,1-2H3. The van der Waals surface area contributed by atoms with Gasteiger partial charge in [-0.3, -0.25) is 0 Å². The molecule has 3 nitrogen and oxygen atoms in total. The van der Waals surface area contributed by atoms with Gasteiger partial charge in [0.2, 0.25) is 0 Å². The maximum Gasteiger partial charge on any atom is 0.144 e. The fourth-order valence-corrected chi connectivity index (χ4v) is 2.08. The van der Waals surface area contributed by atoms with Gasteiger partial charge in [-0.15, -0.1) is 0 Å². The predicted octanol–water partition coefficient (Wildman–Crippen LogP) is 2.04. The molecule has 0 amide bonds. The molecule has 0 bridgehead atoms. The normalized spacial score (nSPS) is 23.1. The summed E-state index contributed by atoms with van der Waals surface area (Å²) in [7, 11) is 2.11. The zero-order chi connectivity index (χ0) is 11.5. The maximum atomic E-state index is 8.94. The van der Waals surface area contributed by atoms with E-state index >= 15 is 0 Å². The summed E-state index contributed by atoms with van der Waals surface area (Å²) in [6, 6.07) is 6.02. The van der Waals surface area contributed by atoms with E-state index in [1.54, 1.807) is 6.20 Å². The van der Waals surface area contributed by atoms with Gasteiger partial charge in [0.15, 0.2) is 0 Å². The predicted molar refractivity (Wildman–Crippen MR) is 62.6 cm³/mol. The largest absolute Gasteiger partial charge is 0.302 e. The van der Waals surface area contributed by atoms with Crippen molar-refractivity contribution in [3.63, 3.8) is 0 Å². The summed E-state index contributed by atoms with van der Waals surface area (Å²) in [5.41, 5.74) is 1.58. The topological polar surface area (TPSA) is 39.9 Å². The first-order valence-corrected chi connectivity index (χ1v) is 5.73. The highest BCUT2D eigenvalue weighted by Gasteiger charge is 2.33. The van der Waals surface area contributed by atoms with Gasteiger partial charge in [0, 0.05) is 24.8 Å². The minimum Gasteiger partial charge on any atom is -0.302 e. The van der Waals surface area contributed by atoms with Crippen molar-refractivity contribution in [1.29, 1.82) is 5.26 Å². The lowest BCUT2D eigenvalue weighted by Gasteiger charge is -2.16. The number of hydrogen-bond acceptors (Lipinski definition) is 3. The van der Waals surface area contributed by atoms with E-state index in [9.17, 15) is 0 Å². The minimum atomic E-state index is 0.554. The Hall–Kier alpha value is -1.40. The molecule has 3 heteroatoms. The second kappa shape index (κ2) is 4.63. The summed E-state index contributed by atoms with van der Waals surface area (Å²) in [5.74, 6) is 1.74. The van der Waals surface area contributed by atoms with Gasteiger partial charge in [-0.1, -0.05) is 13.0 Å². The SMILES string of the molecule is CC1CC1CN(C)Cc1cccnc1C#N. The molecule has 2 rings (SSSR count). The van der Waals surface area contributed by atoms with Gasteiger partial charge in [-0.2, -0.15) is 5.26 Å². The first kappa shape index (κ1) is 11.1. The molecule has 1 saturated carbocycles. The van der Waals surface area contributed by atoms with Crippen LogP contribution in [0.3, 0.4) is 0 Å². The van der Waals surface area contributed by atoms with Gasteiger partial charge in [0.1, 0.15) is 11.8 Å². The molecule has 1 aromatic heterocycles. The molecule has 1 aliphatic rings. The van der Waals surface area contributed by atoms with Gasteiger partial charge >= 0.3 is 0 Å². The Morgan fingerprint density at radius 2 is 2.38 bits per heavy atom. The fourth-order valence-electron chi connectivity index (χ4n) is 2.08. The van der Waals surface area contributed by atoms with Gasteiger partial charge in [-0.05, 0) is 31.4 Å². The van der Waals surface area contributed by atoms with Gasteiger partial charge in [0.25, 0.3) is 0 Å². The Kier molecular flexibility index (Phi) is 3.21. The van der Waals surface area contributed by atoms with E-state index in [0.717, 1.165) is 30.5 Å². The van der Waals surface area contributed by atoms with Crippen LogP contribution in [0.2, 0.25) is 0 Å². The Bertz CT molecular complexity index is 408. The van der Waals surface area contributed by atoms with Crippen molar-refractivity contribution in [3.8, 4) is 6.07 Å². The summed E-state index contributed by atoms with van der Waals surface area (Å²) in [6.07, 6.45) is 3.02. The van der Waals surface area contributed by atoms with Crippen LogP contribution in [0.1, 0.15) is 24.6 Å². The summed E-state index contributed by atoms with van der Waals surface area (Å²) < 4.78 is 0. The van der Waals surface area contributed by atoms with Crippen molar-refractivity contribution in [2.24, 2.45) is 11.8 Å². The Balaban J connectivity index is 1.95. The number of aromatic nitrogens is 1. The lowest BCUT2D eigenvalue weighted by atomic mass is 10.2. The molecule has 2 unspecified atom stereocenters. The van der Waals surface area contributed by atoms with Crippen LogP contribution in [0.25, 0.3) is 0 Å². The highest BCUT2D eigenvalue weighted by atomic mass is 15.1. The third-order valence-electron chi connectivity index (χ3n) is 3.26. The molecule has 0 radical (unpaired) electrons. The smallest absolute Gasteiger partial charge is 0.144 e. The van der Waals surface area contributed by atoms with Gasteiger partial charge in [-0.25, -0.2) is 4.98 Å². The van der Waals surface area contributed by atoms with Crippen LogP contribution in [0.4, 0.5) is 0 Å². The van der Waals surface area contributed by atoms with Crippen LogP contribution < -0.4 is 0 Å². The first-order chi connectivity index (χ1) is 7.70. The Morgan fingerprint density at radius 1 is 1.62 bits per heavy atom. The lowest BCUT2D eigenvalue weighted by molar-refractivity contribution is 0.307. The highest BCUT2D eigenvalue weighted by Crippen LogP contribution is 2.38. The zero-order valence-corrected chi connectivity index (χ0v) is 9.85. The van der Waals surface area contributed by atoms with Crippen molar-refractivity contribution in [1.82, 2.24) is 9.88 Å².